The van der Waals surface area contributed by atoms with Crippen molar-refractivity contribution in [3.63, 3.8) is 0 Å². The first-order chi connectivity index (χ1) is 6.20. The van der Waals surface area contributed by atoms with Crippen molar-refractivity contribution in [1.29, 1.82) is 0 Å². The van der Waals surface area contributed by atoms with Gasteiger partial charge in [-0.05, 0) is 29.5 Å². The molecule has 1 aromatic rings. The van der Waals surface area contributed by atoms with E-state index in [4.69, 9.17) is 5.73 Å². The number of thiophene rings is 1. The molecule has 0 radical (unpaired) electrons. The fourth-order valence-corrected chi connectivity index (χ4v) is 2.03. The zero-order valence-electron chi connectivity index (χ0n) is 7.74. The highest BCUT2D eigenvalue weighted by atomic mass is 32.1. The molecule has 0 aromatic carbocycles. The van der Waals surface area contributed by atoms with Gasteiger partial charge in [0, 0.05) is 0 Å². The van der Waals surface area contributed by atoms with E-state index in [-0.39, 0.29) is 11.9 Å². The summed E-state index contributed by atoms with van der Waals surface area (Å²) in [5.74, 6) is -0.0642. The number of hydrogen-bond donors (Lipinski definition) is 1. The quantitative estimate of drug-likeness (QED) is 0.752. The Morgan fingerprint density at radius 3 is 3.00 bits per heavy atom. The fraction of sp³-hybridized carbons (Fsp3) is 0.444. The molecule has 13 heavy (non-hydrogen) atoms. The maximum Gasteiger partial charge on any atom is 0.348 e. The lowest BCUT2D eigenvalue weighted by Gasteiger charge is -2.07. The molecule has 1 rings (SSSR count). The molecule has 4 heteroatoms. The van der Waals surface area contributed by atoms with Crippen LogP contribution < -0.4 is 5.73 Å². The van der Waals surface area contributed by atoms with Gasteiger partial charge in [-0.15, -0.1) is 11.3 Å². The second kappa shape index (κ2) is 4.39. The Labute approximate surface area is 81.5 Å². The summed E-state index contributed by atoms with van der Waals surface area (Å²) in [5.41, 5.74) is 6.51. The lowest BCUT2D eigenvalue weighted by Crippen LogP contribution is -2.11. The van der Waals surface area contributed by atoms with Crippen LogP contribution in [0.5, 0.6) is 0 Å². The summed E-state index contributed by atoms with van der Waals surface area (Å²) in [5, 5.41) is 1.88. The smallest absolute Gasteiger partial charge is 0.348 e. The fourth-order valence-electron chi connectivity index (χ4n) is 1.09. The highest BCUT2D eigenvalue weighted by molar-refractivity contribution is 7.12. The topological polar surface area (TPSA) is 52.3 Å². The lowest BCUT2D eigenvalue weighted by atomic mass is 10.0. The Morgan fingerprint density at radius 1 is 1.77 bits per heavy atom. The minimum absolute atomic E-state index is 0.209. The zero-order chi connectivity index (χ0) is 9.84. The number of ether oxygens (including phenoxy) is 1. The van der Waals surface area contributed by atoms with Gasteiger partial charge in [0.1, 0.15) is 4.88 Å². The van der Waals surface area contributed by atoms with Crippen molar-refractivity contribution >= 4 is 17.3 Å². The molecule has 1 heterocycles. The van der Waals surface area contributed by atoms with Gasteiger partial charge in [-0.3, -0.25) is 0 Å². The highest BCUT2D eigenvalue weighted by Gasteiger charge is 2.16. The van der Waals surface area contributed by atoms with Gasteiger partial charge in [0.05, 0.1) is 7.11 Å². The summed E-state index contributed by atoms with van der Waals surface area (Å²) in [7, 11) is 1.39. The number of methoxy groups -OCH3 is 1. The van der Waals surface area contributed by atoms with Crippen LogP contribution in [0.15, 0.2) is 11.4 Å². The van der Waals surface area contributed by atoms with Crippen LogP contribution in [0.4, 0.5) is 0 Å². The van der Waals surface area contributed by atoms with Crippen LogP contribution in [0, 0.1) is 0 Å². The maximum atomic E-state index is 11.3. The summed E-state index contributed by atoms with van der Waals surface area (Å²) < 4.78 is 4.66. The second-order valence-electron chi connectivity index (χ2n) is 2.83. The van der Waals surface area contributed by atoms with Crippen LogP contribution >= 0.6 is 11.3 Å². The molecule has 1 atom stereocenters. The Kier molecular flexibility index (Phi) is 3.45. The van der Waals surface area contributed by atoms with Crippen molar-refractivity contribution in [2.45, 2.75) is 12.8 Å². The van der Waals surface area contributed by atoms with Gasteiger partial charge in [0.25, 0.3) is 0 Å². The molecular weight excluding hydrogens is 186 g/mol. The zero-order valence-corrected chi connectivity index (χ0v) is 8.56. The molecule has 1 aromatic heterocycles. The van der Waals surface area contributed by atoms with E-state index in [0.29, 0.717) is 11.4 Å². The van der Waals surface area contributed by atoms with Crippen LogP contribution in [0.25, 0.3) is 0 Å². The number of hydrogen-bond acceptors (Lipinski definition) is 4. The molecule has 72 valence electrons. The molecule has 0 saturated heterocycles. The first-order valence-corrected chi connectivity index (χ1v) is 4.94. The molecule has 0 aliphatic carbocycles. The van der Waals surface area contributed by atoms with Crippen LogP contribution in [0.2, 0.25) is 0 Å². The molecule has 2 N–H and O–H groups in total. The Bertz CT molecular complexity index is 296. The van der Waals surface area contributed by atoms with Gasteiger partial charge in [0.2, 0.25) is 0 Å². The molecule has 0 aliphatic rings. The van der Waals surface area contributed by atoms with Gasteiger partial charge < -0.3 is 10.5 Å². The summed E-state index contributed by atoms with van der Waals surface area (Å²) in [6.07, 6.45) is 0. The number of esters is 1. The van der Waals surface area contributed by atoms with Crippen LogP contribution in [0.1, 0.15) is 28.1 Å². The average Bonchev–Trinajstić information content (AvgIpc) is 2.63. The van der Waals surface area contributed by atoms with Gasteiger partial charge in [0.15, 0.2) is 0 Å². The third kappa shape index (κ3) is 2.08. The molecule has 0 aliphatic heterocycles. The maximum absolute atomic E-state index is 11.3. The molecule has 0 fully saturated rings. The normalized spacial score (nSPS) is 12.5. The van der Waals surface area contributed by atoms with Gasteiger partial charge in [-0.2, -0.15) is 0 Å². The minimum atomic E-state index is -0.273. The second-order valence-corrected chi connectivity index (χ2v) is 3.75. The van der Waals surface area contributed by atoms with Crippen molar-refractivity contribution < 1.29 is 9.53 Å². The molecule has 0 bridgehead atoms. The third-order valence-electron chi connectivity index (χ3n) is 1.95. The van der Waals surface area contributed by atoms with E-state index in [2.05, 4.69) is 4.74 Å². The van der Waals surface area contributed by atoms with Crippen LogP contribution in [0.3, 0.4) is 0 Å². The molecular formula is C9H13NO2S. The molecule has 0 spiro atoms. The van der Waals surface area contributed by atoms with E-state index in [0.717, 1.165) is 5.56 Å². The van der Waals surface area contributed by atoms with Crippen LogP contribution in [-0.2, 0) is 4.74 Å². The Morgan fingerprint density at radius 2 is 2.46 bits per heavy atom. The van der Waals surface area contributed by atoms with Crippen molar-refractivity contribution in [3.05, 3.63) is 21.9 Å². The van der Waals surface area contributed by atoms with Gasteiger partial charge in [-0.25, -0.2) is 4.79 Å². The molecule has 0 amide bonds. The van der Waals surface area contributed by atoms with Gasteiger partial charge >= 0.3 is 5.97 Å². The standard InChI is InChI=1S/C9H13NO2S/c1-6(5-10)7-3-4-13-8(7)9(11)12-2/h3-4,6H,5,10H2,1-2H3. The predicted molar refractivity (Wildman–Crippen MR) is 53.1 cm³/mol. The van der Waals surface area contributed by atoms with E-state index in [1.54, 1.807) is 0 Å². The van der Waals surface area contributed by atoms with E-state index >= 15 is 0 Å². The van der Waals surface area contributed by atoms with Gasteiger partial charge in [-0.1, -0.05) is 6.92 Å². The number of carbonyl (C=O) groups is 1. The molecule has 3 nitrogen and oxygen atoms in total. The minimum Gasteiger partial charge on any atom is -0.465 e. The first-order valence-electron chi connectivity index (χ1n) is 4.06. The number of rotatable bonds is 3. The Balaban J connectivity index is 2.95. The van der Waals surface area contributed by atoms with Crippen molar-refractivity contribution in [2.75, 3.05) is 13.7 Å². The third-order valence-corrected chi connectivity index (χ3v) is 2.86. The Hall–Kier alpha value is -0.870. The first kappa shape index (κ1) is 10.2. The van der Waals surface area contributed by atoms with Crippen molar-refractivity contribution in [3.8, 4) is 0 Å². The van der Waals surface area contributed by atoms with E-state index in [1.807, 2.05) is 18.4 Å². The summed E-state index contributed by atoms with van der Waals surface area (Å²) >= 11 is 1.40. The largest absolute Gasteiger partial charge is 0.465 e. The van der Waals surface area contributed by atoms with Crippen molar-refractivity contribution in [2.24, 2.45) is 5.73 Å². The predicted octanol–water partition coefficient (Wildman–Crippen LogP) is 1.60. The summed E-state index contributed by atoms with van der Waals surface area (Å²) in [6, 6.07) is 1.93. The van der Waals surface area contributed by atoms with E-state index < -0.39 is 0 Å². The monoisotopic (exact) mass is 199 g/mol. The average molecular weight is 199 g/mol. The highest BCUT2D eigenvalue weighted by Crippen LogP contribution is 2.24. The summed E-state index contributed by atoms with van der Waals surface area (Å²) in [4.78, 5) is 11.9. The summed E-state index contributed by atoms with van der Waals surface area (Å²) in [6.45, 7) is 2.54. The molecule has 0 saturated carbocycles. The van der Waals surface area contributed by atoms with Crippen LogP contribution in [-0.4, -0.2) is 19.6 Å². The van der Waals surface area contributed by atoms with Crippen molar-refractivity contribution in [1.82, 2.24) is 0 Å². The molecule has 1 unspecified atom stereocenters. The number of nitrogens with two attached hydrogens (primary N) is 1. The number of carbonyl (C=O) groups excluding carboxylic acids is 1. The lowest BCUT2D eigenvalue weighted by molar-refractivity contribution is 0.0605. The van der Waals surface area contributed by atoms with E-state index in [1.165, 1.54) is 18.4 Å². The van der Waals surface area contributed by atoms with E-state index in [9.17, 15) is 4.79 Å². The SMILES string of the molecule is COC(=O)c1sccc1C(C)CN.